The number of hydrogen-bond donors (Lipinski definition) is 1. The molecule has 2 rings (SSSR count). The number of piperidine rings is 1. The summed E-state index contributed by atoms with van der Waals surface area (Å²) in [6, 6.07) is 0.582. The van der Waals surface area contributed by atoms with Crippen molar-refractivity contribution in [3.05, 3.63) is 0 Å². The summed E-state index contributed by atoms with van der Waals surface area (Å²) in [5.74, 6) is 0.591. The van der Waals surface area contributed by atoms with Gasteiger partial charge in [-0.1, -0.05) is 12.8 Å². The van der Waals surface area contributed by atoms with E-state index < -0.39 is 9.84 Å². The summed E-state index contributed by atoms with van der Waals surface area (Å²) in [6.45, 7) is 1.12. The molecule has 16 heavy (non-hydrogen) atoms. The van der Waals surface area contributed by atoms with Crippen LogP contribution < -0.4 is 5.32 Å². The van der Waals surface area contributed by atoms with E-state index in [0.29, 0.717) is 12.0 Å². The van der Waals surface area contributed by atoms with Crippen LogP contribution in [0.3, 0.4) is 0 Å². The molecule has 0 radical (unpaired) electrons. The summed E-state index contributed by atoms with van der Waals surface area (Å²) < 4.78 is 23.2. The molecule has 1 saturated carbocycles. The molecule has 3 unspecified atom stereocenters. The highest BCUT2D eigenvalue weighted by molar-refractivity contribution is 7.91. The first-order chi connectivity index (χ1) is 7.57. The van der Waals surface area contributed by atoms with Crippen molar-refractivity contribution in [2.75, 3.05) is 12.8 Å². The van der Waals surface area contributed by atoms with Gasteiger partial charge in [0.15, 0.2) is 0 Å². The van der Waals surface area contributed by atoms with Crippen LogP contribution in [0.5, 0.6) is 0 Å². The molecule has 1 aliphatic heterocycles. The zero-order valence-corrected chi connectivity index (χ0v) is 10.9. The third-order valence-electron chi connectivity index (χ3n) is 4.19. The highest BCUT2D eigenvalue weighted by atomic mass is 32.2. The van der Waals surface area contributed by atoms with Crippen LogP contribution in [-0.4, -0.2) is 32.5 Å². The van der Waals surface area contributed by atoms with Crippen molar-refractivity contribution in [3.8, 4) is 0 Å². The first kappa shape index (κ1) is 12.4. The van der Waals surface area contributed by atoms with Crippen LogP contribution in [0.2, 0.25) is 0 Å². The van der Waals surface area contributed by atoms with E-state index in [9.17, 15) is 8.42 Å². The minimum Gasteiger partial charge on any atom is -0.314 e. The minimum atomic E-state index is -2.83. The van der Waals surface area contributed by atoms with Gasteiger partial charge in [-0.15, -0.1) is 0 Å². The maximum absolute atomic E-state index is 11.6. The zero-order valence-electron chi connectivity index (χ0n) is 10.1. The largest absolute Gasteiger partial charge is 0.314 e. The Kier molecular flexibility index (Phi) is 3.90. The fourth-order valence-corrected chi connectivity index (χ4v) is 4.41. The molecule has 2 fully saturated rings. The number of rotatable bonds is 2. The van der Waals surface area contributed by atoms with Gasteiger partial charge in [0.2, 0.25) is 0 Å². The summed E-state index contributed by atoms with van der Waals surface area (Å²) in [6.07, 6.45) is 9.27. The Morgan fingerprint density at radius 2 is 1.88 bits per heavy atom. The average molecular weight is 245 g/mol. The summed E-state index contributed by atoms with van der Waals surface area (Å²) in [5, 5.41) is 3.49. The van der Waals surface area contributed by atoms with Crippen LogP contribution >= 0.6 is 0 Å². The smallest absolute Gasteiger partial charge is 0.150 e. The van der Waals surface area contributed by atoms with Crippen LogP contribution in [0, 0.1) is 5.92 Å². The molecule has 1 heterocycles. The number of sulfone groups is 1. The standard InChI is InChI=1S/C12H23NO2S/c1-16(14,15)11-6-4-5-10(9-11)12-7-2-3-8-13-12/h10-13H,2-9H2,1H3. The molecule has 1 aliphatic carbocycles. The molecule has 1 saturated heterocycles. The third-order valence-corrected chi connectivity index (χ3v) is 5.83. The fraction of sp³-hybridized carbons (Fsp3) is 1.00. The summed E-state index contributed by atoms with van der Waals surface area (Å²) in [7, 11) is -2.83. The Labute approximate surface area is 98.9 Å². The molecule has 3 atom stereocenters. The molecular formula is C12H23NO2S. The summed E-state index contributed by atoms with van der Waals surface area (Å²) in [4.78, 5) is 0. The van der Waals surface area contributed by atoms with E-state index in [1.807, 2.05) is 0 Å². The average Bonchev–Trinajstić information content (AvgIpc) is 2.29. The predicted molar refractivity (Wildman–Crippen MR) is 66.2 cm³/mol. The Bertz CT molecular complexity index is 320. The first-order valence-corrected chi connectivity index (χ1v) is 8.45. The highest BCUT2D eigenvalue weighted by Crippen LogP contribution is 2.32. The Morgan fingerprint density at radius 1 is 1.06 bits per heavy atom. The molecule has 2 aliphatic rings. The van der Waals surface area contributed by atoms with Crippen molar-refractivity contribution in [1.29, 1.82) is 0 Å². The zero-order chi connectivity index (χ0) is 11.6. The quantitative estimate of drug-likeness (QED) is 0.806. The van der Waals surface area contributed by atoms with Crippen molar-refractivity contribution >= 4 is 9.84 Å². The second kappa shape index (κ2) is 5.05. The maximum atomic E-state index is 11.6. The topological polar surface area (TPSA) is 46.2 Å². The molecule has 0 bridgehead atoms. The van der Waals surface area contributed by atoms with E-state index in [1.165, 1.54) is 31.9 Å². The van der Waals surface area contributed by atoms with Crippen LogP contribution in [0.4, 0.5) is 0 Å². The Morgan fingerprint density at radius 3 is 2.50 bits per heavy atom. The van der Waals surface area contributed by atoms with E-state index in [0.717, 1.165) is 25.8 Å². The summed E-state index contributed by atoms with van der Waals surface area (Å²) in [5.41, 5.74) is 0. The van der Waals surface area contributed by atoms with Gasteiger partial charge >= 0.3 is 0 Å². The molecule has 1 N–H and O–H groups in total. The molecule has 0 aromatic carbocycles. The van der Waals surface area contributed by atoms with Crippen molar-refractivity contribution in [3.63, 3.8) is 0 Å². The molecule has 0 aromatic heterocycles. The second-order valence-electron chi connectivity index (χ2n) is 5.43. The van der Waals surface area contributed by atoms with E-state index in [4.69, 9.17) is 0 Å². The van der Waals surface area contributed by atoms with Gasteiger partial charge in [0.05, 0.1) is 5.25 Å². The highest BCUT2D eigenvalue weighted by Gasteiger charge is 2.33. The van der Waals surface area contributed by atoms with Gasteiger partial charge in [-0.2, -0.15) is 0 Å². The van der Waals surface area contributed by atoms with Crippen LogP contribution in [-0.2, 0) is 9.84 Å². The Hall–Kier alpha value is -0.0900. The van der Waals surface area contributed by atoms with E-state index in [1.54, 1.807) is 0 Å². The van der Waals surface area contributed by atoms with Gasteiger partial charge < -0.3 is 5.32 Å². The lowest BCUT2D eigenvalue weighted by Crippen LogP contribution is -2.43. The van der Waals surface area contributed by atoms with Gasteiger partial charge in [-0.05, 0) is 44.6 Å². The molecule has 3 nitrogen and oxygen atoms in total. The molecule has 0 amide bonds. The van der Waals surface area contributed by atoms with Crippen molar-refractivity contribution < 1.29 is 8.42 Å². The maximum Gasteiger partial charge on any atom is 0.150 e. The van der Waals surface area contributed by atoms with Gasteiger partial charge in [-0.25, -0.2) is 8.42 Å². The third kappa shape index (κ3) is 2.98. The van der Waals surface area contributed by atoms with Gasteiger partial charge in [0.25, 0.3) is 0 Å². The van der Waals surface area contributed by atoms with Gasteiger partial charge in [0, 0.05) is 12.3 Å². The van der Waals surface area contributed by atoms with E-state index >= 15 is 0 Å². The van der Waals surface area contributed by atoms with Crippen molar-refractivity contribution in [2.45, 2.75) is 56.2 Å². The lowest BCUT2D eigenvalue weighted by atomic mass is 9.80. The van der Waals surface area contributed by atoms with Crippen molar-refractivity contribution in [2.24, 2.45) is 5.92 Å². The lowest BCUT2D eigenvalue weighted by molar-refractivity contribution is 0.236. The van der Waals surface area contributed by atoms with E-state index in [2.05, 4.69) is 5.32 Å². The normalized spacial score (nSPS) is 37.2. The van der Waals surface area contributed by atoms with Crippen LogP contribution in [0.15, 0.2) is 0 Å². The fourth-order valence-electron chi connectivity index (χ4n) is 3.22. The lowest BCUT2D eigenvalue weighted by Gasteiger charge is -2.36. The number of nitrogens with one attached hydrogen (secondary N) is 1. The Balaban J connectivity index is 1.95. The van der Waals surface area contributed by atoms with Gasteiger partial charge in [-0.3, -0.25) is 0 Å². The molecule has 4 heteroatoms. The van der Waals surface area contributed by atoms with Gasteiger partial charge in [0.1, 0.15) is 9.84 Å². The number of hydrogen-bond acceptors (Lipinski definition) is 3. The predicted octanol–water partition coefficient (Wildman–Crippen LogP) is 1.73. The van der Waals surface area contributed by atoms with E-state index in [-0.39, 0.29) is 5.25 Å². The minimum absolute atomic E-state index is 0.0741. The molecule has 0 aromatic rings. The second-order valence-corrected chi connectivity index (χ2v) is 7.76. The monoisotopic (exact) mass is 245 g/mol. The SMILES string of the molecule is CS(=O)(=O)C1CCCC(C2CCCCN2)C1. The molecular weight excluding hydrogens is 222 g/mol. The molecule has 94 valence electrons. The summed E-state index contributed by atoms with van der Waals surface area (Å²) >= 11 is 0. The van der Waals surface area contributed by atoms with Crippen LogP contribution in [0.1, 0.15) is 44.9 Å². The van der Waals surface area contributed by atoms with Crippen molar-refractivity contribution in [1.82, 2.24) is 5.32 Å². The van der Waals surface area contributed by atoms with Crippen LogP contribution in [0.25, 0.3) is 0 Å². The molecule has 0 spiro atoms. The first-order valence-electron chi connectivity index (χ1n) is 6.49.